The van der Waals surface area contributed by atoms with Crippen molar-refractivity contribution < 1.29 is 14.4 Å². The van der Waals surface area contributed by atoms with E-state index in [2.05, 4.69) is 16.2 Å². The summed E-state index contributed by atoms with van der Waals surface area (Å²) in [4.78, 5) is 36.3. The van der Waals surface area contributed by atoms with Crippen molar-refractivity contribution in [2.24, 2.45) is 0 Å². The highest BCUT2D eigenvalue weighted by molar-refractivity contribution is 7.10. The normalized spacial score (nSPS) is 10.5. The van der Waals surface area contributed by atoms with Gasteiger partial charge in [0.1, 0.15) is 0 Å². The van der Waals surface area contributed by atoms with Crippen LogP contribution in [0, 0.1) is 0 Å². The number of carbonyl (C=O) groups excluding carboxylic acids is 3. The van der Waals surface area contributed by atoms with Gasteiger partial charge in [0.15, 0.2) is 0 Å². The second-order valence-corrected chi connectivity index (χ2v) is 6.50. The molecule has 1 aromatic heterocycles. The van der Waals surface area contributed by atoms with E-state index < -0.39 is 11.8 Å². The van der Waals surface area contributed by atoms with Crippen molar-refractivity contribution in [3.05, 3.63) is 58.3 Å². The molecular weight excluding hydrogens is 350 g/mol. The fourth-order valence-electron chi connectivity index (χ4n) is 2.04. The molecule has 1 aromatic carbocycles. The van der Waals surface area contributed by atoms with Gasteiger partial charge in [0.25, 0.3) is 11.8 Å². The Hall–Kier alpha value is -2.93. The molecule has 3 N–H and O–H groups in total. The molecule has 1 heterocycles. The van der Waals surface area contributed by atoms with Crippen LogP contribution >= 0.6 is 11.3 Å². The largest absolute Gasteiger partial charge is 0.326 e. The Kier molecular flexibility index (Phi) is 7.57. The minimum atomic E-state index is -0.438. The van der Waals surface area contributed by atoms with Crippen molar-refractivity contribution >= 4 is 40.8 Å². The highest BCUT2D eigenvalue weighted by Crippen LogP contribution is 2.11. The van der Waals surface area contributed by atoms with E-state index in [1.165, 1.54) is 17.4 Å². The summed E-state index contributed by atoms with van der Waals surface area (Å²) in [5.41, 5.74) is 5.67. The van der Waals surface area contributed by atoms with Crippen molar-refractivity contribution in [3.8, 4) is 0 Å². The number of nitrogens with one attached hydrogen (secondary N) is 3. The van der Waals surface area contributed by atoms with Gasteiger partial charge in [0, 0.05) is 28.6 Å². The quantitative estimate of drug-likeness (QED) is 0.515. The molecule has 0 radical (unpaired) electrons. The lowest BCUT2D eigenvalue weighted by molar-refractivity contribution is -0.117. The molecule has 0 spiro atoms. The molecular formula is C19H21N3O3S. The van der Waals surface area contributed by atoms with Crippen LogP contribution in [0.4, 0.5) is 5.69 Å². The Morgan fingerprint density at radius 3 is 2.50 bits per heavy atom. The number of benzene rings is 1. The summed E-state index contributed by atoms with van der Waals surface area (Å²) in [5.74, 6) is -0.910. The maximum Gasteiger partial charge on any atom is 0.269 e. The fourth-order valence-corrected chi connectivity index (χ4v) is 2.66. The lowest BCUT2D eigenvalue weighted by atomic mass is 10.2. The van der Waals surface area contributed by atoms with Crippen molar-refractivity contribution in [2.45, 2.75) is 26.2 Å². The van der Waals surface area contributed by atoms with E-state index in [9.17, 15) is 14.4 Å². The van der Waals surface area contributed by atoms with Crippen molar-refractivity contribution in [2.75, 3.05) is 5.32 Å². The number of hydrazine groups is 1. The second-order valence-electron chi connectivity index (χ2n) is 5.52. The van der Waals surface area contributed by atoms with Gasteiger partial charge in [-0.3, -0.25) is 25.2 Å². The minimum Gasteiger partial charge on any atom is -0.326 e. The van der Waals surface area contributed by atoms with Gasteiger partial charge >= 0.3 is 0 Å². The summed E-state index contributed by atoms with van der Waals surface area (Å²) in [6, 6.07) is 10.2. The Bertz CT molecular complexity index is 768. The summed E-state index contributed by atoms with van der Waals surface area (Å²) in [6.07, 6.45) is 5.29. The van der Waals surface area contributed by atoms with Gasteiger partial charge in [-0.25, -0.2) is 0 Å². The Morgan fingerprint density at radius 2 is 1.85 bits per heavy atom. The number of unbranched alkanes of at least 4 members (excludes halogenated alkanes) is 1. The molecule has 136 valence electrons. The van der Waals surface area contributed by atoms with Gasteiger partial charge in [-0.2, -0.15) is 0 Å². The van der Waals surface area contributed by atoms with Gasteiger partial charge < -0.3 is 5.32 Å². The minimum absolute atomic E-state index is 0.0474. The average molecular weight is 371 g/mol. The molecule has 0 aliphatic rings. The number of anilines is 1. The van der Waals surface area contributed by atoms with Crippen LogP contribution < -0.4 is 16.2 Å². The predicted octanol–water partition coefficient (Wildman–Crippen LogP) is 3.35. The third kappa shape index (κ3) is 6.52. The van der Waals surface area contributed by atoms with Gasteiger partial charge in [-0.15, -0.1) is 11.3 Å². The SMILES string of the molecule is CCCCC(=O)Nc1ccc(C(=O)NNC(=O)C=Cc2cccs2)cc1. The van der Waals surface area contributed by atoms with Crippen LogP contribution in [0.15, 0.2) is 47.9 Å². The summed E-state index contributed by atoms with van der Waals surface area (Å²) in [6.45, 7) is 2.03. The van der Waals surface area contributed by atoms with Crippen LogP contribution in [0.3, 0.4) is 0 Å². The molecule has 0 fully saturated rings. The first-order valence-electron chi connectivity index (χ1n) is 8.30. The number of thiophene rings is 1. The van der Waals surface area contributed by atoms with E-state index in [4.69, 9.17) is 0 Å². The van der Waals surface area contributed by atoms with Gasteiger partial charge in [-0.1, -0.05) is 19.4 Å². The Labute approximate surface area is 156 Å². The molecule has 2 aromatic rings. The molecule has 0 aliphatic carbocycles. The number of hydrogen-bond donors (Lipinski definition) is 3. The van der Waals surface area contributed by atoms with E-state index in [0.29, 0.717) is 17.7 Å². The third-order valence-electron chi connectivity index (χ3n) is 3.43. The average Bonchev–Trinajstić information content (AvgIpc) is 3.17. The molecule has 0 unspecified atom stereocenters. The van der Waals surface area contributed by atoms with Gasteiger partial charge in [0.2, 0.25) is 5.91 Å². The smallest absolute Gasteiger partial charge is 0.269 e. The topological polar surface area (TPSA) is 87.3 Å². The van der Waals surface area contributed by atoms with Crippen LogP contribution in [0.1, 0.15) is 41.4 Å². The van der Waals surface area contributed by atoms with E-state index >= 15 is 0 Å². The van der Waals surface area contributed by atoms with E-state index in [1.54, 1.807) is 30.3 Å². The molecule has 0 aliphatic heterocycles. The van der Waals surface area contributed by atoms with E-state index in [1.807, 2.05) is 24.4 Å². The van der Waals surface area contributed by atoms with Crippen LogP contribution in [0.25, 0.3) is 6.08 Å². The first-order chi connectivity index (χ1) is 12.6. The molecule has 7 heteroatoms. The third-order valence-corrected chi connectivity index (χ3v) is 4.27. The molecule has 0 saturated carbocycles. The second kappa shape index (κ2) is 10.1. The standard InChI is InChI=1S/C19H21N3O3S/c1-2-3-6-17(23)20-15-9-7-14(8-10-15)19(25)22-21-18(24)12-11-16-5-4-13-26-16/h4-5,7-13H,2-3,6H2,1H3,(H,20,23)(H,21,24)(H,22,25). The lowest BCUT2D eigenvalue weighted by Crippen LogP contribution is -2.40. The summed E-state index contributed by atoms with van der Waals surface area (Å²) in [7, 11) is 0. The van der Waals surface area contributed by atoms with E-state index in [0.717, 1.165) is 17.7 Å². The Morgan fingerprint density at radius 1 is 1.08 bits per heavy atom. The zero-order chi connectivity index (χ0) is 18.8. The number of rotatable bonds is 7. The van der Waals surface area contributed by atoms with Crippen molar-refractivity contribution in [3.63, 3.8) is 0 Å². The summed E-state index contributed by atoms with van der Waals surface area (Å²) < 4.78 is 0. The van der Waals surface area contributed by atoms with Crippen LogP contribution in [-0.2, 0) is 9.59 Å². The maximum atomic E-state index is 12.0. The first-order valence-corrected chi connectivity index (χ1v) is 9.18. The number of amides is 3. The molecule has 2 rings (SSSR count). The van der Waals surface area contributed by atoms with Crippen LogP contribution in [0.5, 0.6) is 0 Å². The number of carbonyl (C=O) groups is 3. The van der Waals surface area contributed by atoms with Crippen molar-refractivity contribution in [1.82, 2.24) is 10.9 Å². The van der Waals surface area contributed by atoms with E-state index in [-0.39, 0.29) is 5.91 Å². The van der Waals surface area contributed by atoms with Crippen LogP contribution in [0.2, 0.25) is 0 Å². The molecule has 6 nitrogen and oxygen atoms in total. The number of hydrogen-bond acceptors (Lipinski definition) is 4. The summed E-state index contributed by atoms with van der Waals surface area (Å²) in [5, 5.41) is 4.69. The van der Waals surface area contributed by atoms with Crippen LogP contribution in [-0.4, -0.2) is 17.7 Å². The molecule has 0 atom stereocenters. The Balaban J connectivity index is 1.80. The zero-order valence-corrected chi connectivity index (χ0v) is 15.3. The predicted molar refractivity (Wildman–Crippen MR) is 104 cm³/mol. The molecule has 26 heavy (non-hydrogen) atoms. The first kappa shape index (κ1) is 19.4. The highest BCUT2D eigenvalue weighted by Gasteiger charge is 2.07. The zero-order valence-electron chi connectivity index (χ0n) is 14.5. The summed E-state index contributed by atoms with van der Waals surface area (Å²) >= 11 is 1.51. The lowest BCUT2D eigenvalue weighted by Gasteiger charge is -2.07. The maximum absolute atomic E-state index is 12.0. The van der Waals surface area contributed by atoms with Crippen molar-refractivity contribution in [1.29, 1.82) is 0 Å². The highest BCUT2D eigenvalue weighted by atomic mass is 32.1. The van der Waals surface area contributed by atoms with Gasteiger partial charge in [0.05, 0.1) is 0 Å². The molecule has 0 bridgehead atoms. The van der Waals surface area contributed by atoms with Gasteiger partial charge in [-0.05, 0) is 48.2 Å². The fraction of sp³-hybridized carbons (Fsp3) is 0.211. The molecule has 3 amide bonds. The monoisotopic (exact) mass is 371 g/mol. The molecule has 0 saturated heterocycles.